The predicted molar refractivity (Wildman–Crippen MR) is 93.2 cm³/mol. The van der Waals surface area contributed by atoms with E-state index >= 15 is 0 Å². The maximum Gasteiger partial charge on any atom is 0.0459 e. The molecular formula is C18H29ClN2. The number of anilines is 1. The Labute approximate surface area is 134 Å². The number of nitrogens with two attached hydrogens (primary N) is 1. The molecule has 1 atom stereocenters. The van der Waals surface area contributed by atoms with Crippen LogP contribution in [0.5, 0.6) is 0 Å². The normalized spacial score (nSPS) is 16.3. The van der Waals surface area contributed by atoms with E-state index in [2.05, 4.69) is 43.9 Å². The average Bonchev–Trinajstić information content (AvgIpc) is 3.26. The number of halogens is 1. The van der Waals surface area contributed by atoms with Gasteiger partial charge in [0.1, 0.15) is 0 Å². The van der Waals surface area contributed by atoms with Crippen molar-refractivity contribution >= 4 is 17.3 Å². The molecule has 0 spiro atoms. The quantitative estimate of drug-likeness (QED) is 0.758. The van der Waals surface area contributed by atoms with Gasteiger partial charge in [0.05, 0.1) is 0 Å². The second kappa shape index (κ2) is 7.51. The fraction of sp³-hybridized carbons (Fsp3) is 0.667. The lowest BCUT2D eigenvalue weighted by atomic mass is 10.0. The number of rotatable bonds is 8. The van der Waals surface area contributed by atoms with E-state index in [-0.39, 0.29) is 6.04 Å². The van der Waals surface area contributed by atoms with Gasteiger partial charge in [0, 0.05) is 29.3 Å². The smallest absolute Gasteiger partial charge is 0.0459 e. The Morgan fingerprint density at radius 1 is 1.33 bits per heavy atom. The first kappa shape index (κ1) is 16.6. The molecule has 1 unspecified atom stereocenters. The predicted octanol–water partition coefficient (Wildman–Crippen LogP) is 4.63. The van der Waals surface area contributed by atoms with E-state index in [0.29, 0.717) is 0 Å². The van der Waals surface area contributed by atoms with Crippen molar-refractivity contribution in [3.8, 4) is 0 Å². The zero-order valence-electron chi connectivity index (χ0n) is 13.6. The molecule has 1 saturated carbocycles. The van der Waals surface area contributed by atoms with Crippen LogP contribution in [0, 0.1) is 5.92 Å². The van der Waals surface area contributed by atoms with Crippen molar-refractivity contribution in [2.75, 3.05) is 11.4 Å². The van der Waals surface area contributed by atoms with Crippen molar-refractivity contribution in [3.63, 3.8) is 0 Å². The van der Waals surface area contributed by atoms with Crippen molar-refractivity contribution in [1.29, 1.82) is 0 Å². The molecule has 2 N–H and O–H groups in total. The number of hydrogen-bond acceptors (Lipinski definition) is 2. The van der Waals surface area contributed by atoms with Crippen molar-refractivity contribution in [2.24, 2.45) is 11.7 Å². The Hall–Kier alpha value is -0.730. The van der Waals surface area contributed by atoms with Gasteiger partial charge in [-0.25, -0.2) is 0 Å². The Balaban J connectivity index is 2.09. The van der Waals surface area contributed by atoms with E-state index < -0.39 is 0 Å². The maximum atomic E-state index is 6.48. The third kappa shape index (κ3) is 4.89. The van der Waals surface area contributed by atoms with Gasteiger partial charge < -0.3 is 10.6 Å². The highest BCUT2D eigenvalue weighted by atomic mass is 35.5. The standard InChI is InChI=1S/C18H29ClN2/c1-4-15(20)11-14-5-6-17(12-18(14)19)21(16-7-8-16)10-9-13(2)3/h5-6,12-13,15-16H,4,7-11,20H2,1-3H3. The molecule has 21 heavy (non-hydrogen) atoms. The number of hydrogen-bond donors (Lipinski definition) is 1. The Bertz CT molecular complexity index is 455. The van der Waals surface area contributed by atoms with E-state index in [9.17, 15) is 0 Å². The van der Waals surface area contributed by atoms with Crippen molar-refractivity contribution in [1.82, 2.24) is 0 Å². The highest BCUT2D eigenvalue weighted by Crippen LogP contribution is 2.34. The van der Waals surface area contributed by atoms with E-state index in [0.717, 1.165) is 36.4 Å². The molecule has 2 rings (SSSR count). The van der Waals surface area contributed by atoms with Crippen LogP contribution < -0.4 is 10.6 Å². The molecule has 1 fully saturated rings. The summed E-state index contributed by atoms with van der Waals surface area (Å²) in [6.45, 7) is 7.82. The minimum Gasteiger partial charge on any atom is -0.368 e. The minimum absolute atomic E-state index is 0.203. The maximum absolute atomic E-state index is 6.48. The second-order valence-corrected chi connectivity index (χ2v) is 7.16. The molecule has 118 valence electrons. The van der Waals surface area contributed by atoms with E-state index in [1.54, 1.807) is 0 Å². The van der Waals surface area contributed by atoms with Gasteiger partial charge >= 0.3 is 0 Å². The third-order valence-corrected chi connectivity index (χ3v) is 4.66. The lowest BCUT2D eigenvalue weighted by Crippen LogP contribution is -2.28. The van der Waals surface area contributed by atoms with Gasteiger partial charge in [0.25, 0.3) is 0 Å². The molecule has 2 nitrogen and oxygen atoms in total. The van der Waals surface area contributed by atoms with Crippen LogP contribution in [0.25, 0.3) is 0 Å². The van der Waals surface area contributed by atoms with Crippen LogP contribution >= 0.6 is 11.6 Å². The summed E-state index contributed by atoms with van der Waals surface area (Å²) in [4.78, 5) is 2.54. The lowest BCUT2D eigenvalue weighted by Gasteiger charge is -2.26. The summed E-state index contributed by atoms with van der Waals surface area (Å²) in [5.74, 6) is 0.739. The SMILES string of the molecule is CCC(N)Cc1ccc(N(CCC(C)C)C2CC2)cc1Cl. The van der Waals surface area contributed by atoms with E-state index in [1.807, 2.05) is 0 Å². The largest absolute Gasteiger partial charge is 0.368 e. The van der Waals surface area contributed by atoms with Gasteiger partial charge in [0.2, 0.25) is 0 Å². The molecule has 1 aliphatic carbocycles. The average molecular weight is 309 g/mol. The van der Waals surface area contributed by atoms with Crippen LogP contribution in [0.15, 0.2) is 18.2 Å². The van der Waals surface area contributed by atoms with Gasteiger partial charge in [-0.2, -0.15) is 0 Å². The topological polar surface area (TPSA) is 29.3 Å². The van der Waals surface area contributed by atoms with Crippen LogP contribution in [0.2, 0.25) is 5.02 Å². The third-order valence-electron chi connectivity index (χ3n) is 4.31. The van der Waals surface area contributed by atoms with Gasteiger partial charge in [-0.15, -0.1) is 0 Å². The van der Waals surface area contributed by atoms with Crippen molar-refractivity contribution < 1.29 is 0 Å². The van der Waals surface area contributed by atoms with Crippen LogP contribution in [0.1, 0.15) is 52.0 Å². The van der Waals surface area contributed by atoms with Crippen LogP contribution in [-0.2, 0) is 6.42 Å². The summed E-state index contributed by atoms with van der Waals surface area (Å²) in [6.07, 6.45) is 5.72. The van der Waals surface area contributed by atoms with Gasteiger partial charge in [-0.3, -0.25) is 0 Å². The van der Waals surface area contributed by atoms with E-state index in [1.165, 1.54) is 30.5 Å². The summed E-state index contributed by atoms with van der Waals surface area (Å²) in [5, 5.41) is 0.867. The molecule has 0 radical (unpaired) electrons. The lowest BCUT2D eigenvalue weighted by molar-refractivity contribution is 0.570. The minimum atomic E-state index is 0.203. The molecular weight excluding hydrogens is 280 g/mol. The summed E-state index contributed by atoms with van der Waals surface area (Å²) in [5.41, 5.74) is 8.49. The van der Waals surface area contributed by atoms with Gasteiger partial charge in [0.15, 0.2) is 0 Å². The monoisotopic (exact) mass is 308 g/mol. The Morgan fingerprint density at radius 3 is 2.57 bits per heavy atom. The Kier molecular flexibility index (Phi) is 5.95. The number of nitrogens with zero attached hydrogens (tertiary/aromatic N) is 1. The van der Waals surface area contributed by atoms with Crippen molar-refractivity contribution in [3.05, 3.63) is 28.8 Å². The molecule has 1 aliphatic rings. The summed E-state index contributed by atoms with van der Waals surface area (Å²) < 4.78 is 0. The highest BCUT2D eigenvalue weighted by Gasteiger charge is 2.29. The molecule has 1 aromatic carbocycles. The fourth-order valence-corrected chi connectivity index (χ4v) is 2.87. The highest BCUT2D eigenvalue weighted by molar-refractivity contribution is 6.31. The molecule has 0 bridgehead atoms. The first-order valence-electron chi connectivity index (χ1n) is 8.31. The molecule has 0 heterocycles. The zero-order chi connectivity index (χ0) is 15.4. The summed E-state index contributed by atoms with van der Waals surface area (Å²) >= 11 is 6.48. The number of benzene rings is 1. The van der Waals surface area contributed by atoms with Crippen LogP contribution in [0.3, 0.4) is 0 Å². The summed E-state index contributed by atoms with van der Waals surface area (Å²) in [7, 11) is 0. The molecule has 3 heteroatoms. The van der Waals surface area contributed by atoms with Gasteiger partial charge in [-0.1, -0.05) is 38.4 Å². The van der Waals surface area contributed by atoms with Gasteiger partial charge in [-0.05, 0) is 55.7 Å². The summed E-state index contributed by atoms with van der Waals surface area (Å²) in [6, 6.07) is 7.45. The molecule has 0 aromatic heterocycles. The second-order valence-electron chi connectivity index (χ2n) is 6.76. The first-order valence-corrected chi connectivity index (χ1v) is 8.69. The van der Waals surface area contributed by atoms with Crippen LogP contribution in [-0.4, -0.2) is 18.6 Å². The Morgan fingerprint density at radius 2 is 2.05 bits per heavy atom. The van der Waals surface area contributed by atoms with Crippen molar-refractivity contribution in [2.45, 2.75) is 65.0 Å². The molecule has 0 amide bonds. The first-order chi connectivity index (χ1) is 10.0. The molecule has 1 aromatic rings. The zero-order valence-corrected chi connectivity index (χ0v) is 14.4. The van der Waals surface area contributed by atoms with E-state index in [4.69, 9.17) is 17.3 Å². The molecule has 0 aliphatic heterocycles. The fourth-order valence-electron chi connectivity index (χ4n) is 2.61. The molecule has 0 saturated heterocycles. The van der Waals surface area contributed by atoms with Crippen LogP contribution in [0.4, 0.5) is 5.69 Å².